The minimum Gasteiger partial charge on any atom is -0.297 e. The zero-order chi connectivity index (χ0) is 20.7. The van der Waals surface area contributed by atoms with E-state index in [-0.39, 0.29) is 17.9 Å². The molecule has 0 aromatic heterocycles. The van der Waals surface area contributed by atoms with Crippen LogP contribution < -0.4 is 0 Å². The van der Waals surface area contributed by atoms with Crippen molar-refractivity contribution in [3.8, 4) is 0 Å². The van der Waals surface area contributed by atoms with Gasteiger partial charge in [0.15, 0.2) is 5.78 Å². The minimum absolute atomic E-state index is 0.00877. The number of carbonyl (C=O) groups excluding carboxylic acids is 1. The molecule has 28 heavy (non-hydrogen) atoms. The summed E-state index contributed by atoms with van der Waals surface area (Å²) in [5.74, 6) is 0.149. The van der Waals surface area contributed by atoms with E-state index in [2.05, 4.69) is 0 Å². The van der Waals surface area contributed by atoms with Gasteiger partial charge in [-0.2, -0.15) is 0 Å². The summed E-state index contributed by atoms with van der Waals surface area (Å²) in [7, 11) is 3.88. The van der Waals surface area contributed by atoms with Crippen molar-refractivity contribution in [2.24, 2.45) is 0 Å². The Morgan fingerprint density at radius 1 is 0.750 bits per heavy atom. The van der Waals surface area contributed by atoms with Gasteiger partial charge in [-0.3, -0.25) is 14.6 Å². The van der Waals surface area contributed by atoms with Gasteiger partial charge >= 0.3 is 0 Å². The molecule has 2 aromatic rings. The van der Waals surface area contributed by atoms with Crippen molar-refractivity contribution in [1.82, 2.24) is 9.80 Å². The molecule has 0 aliphatic carbocycles. The lowest BCUT2D eigenvalue weighted by molar-refractivity contribution is -0.121. The summed E-state index contributed by atoms with van der Waals surface area (Å²) in [6, 6.07) is 19.9. The predicted octanol–water partition coefficient (Wildman–Crippen LogP) is 4.03. The van der Waals surface area contributed by atoms with Crippen LogP contribution in [-0.2, 0) is 4.79 Å². The van der Waals surface area contributed by atoms with Crippen LogP contribution in [-0.4, -0.2) is 64.6 Å². The Morgan fingerprint density at radius 2 is 1.07 bits per heavy atom. The smallest absolute Gasteiger partial charge is 0.160 e. The second-order valence-corrected chi connectivity index (χ2v) is 8.06. The molecule has 0 heterocycles. The molecule has 0 aliphatic heterocycles. The van der Waals surface area contributed by atoms with E-state index in [0.717, 1.165) is 20.9 Å². The maximum atomic E-state index is 12.6. The van der Waals surface area contributed by atoms with Gasteiger partial charge in [0.1, 0.15) is 0 Å². The number of hydrogen-bond donors (Lipinski definition) is 0. The third-order valence-electron chi connectivity index (χ3n) is 5.05. The normalized spacial score (nSPS) is 13.4. The van der Waals surface area contributed by atoms with Crippen LogP contribution in [0.1, 0.15) is 25.0 Å². The molecule has 0 saturated heterocycles. The van der Waals surface area contributed by atoms with Gasteiger partial charge in [0.25, 0.3) is 0 Å². The number of likely N-dealkylation sites (N-methyl/N-ethyl adjacent to an activating group) is 2. The maximum Gasteiger partial charge on any atom is 0.160 e. The number of hydrogen-bond acceptors (Lipinski definition) is 5. The summed E-state index contributed by atoms with van der Waals surface area (Å²) in [5, 5.41) is 0. The molecule has 0 spiro atoms. The Balaban J connectivity index is 1.89. The van der Waals surface area contributed by atoms with Gasteiger partial charge in [0.2, 0.25) is 0 Å². The number of carbonyl (C=O) groups is 1. The SMILES string of the molecule is CC(C(=S)c1ccccc1)N(C)CC(=O)CN(C)C(C)C(=S)c1ccccc1. The highest BCUT2D eigenvalue weighted by Gasteiger charge is 2.21. The lowest BCUT2D eigenvalue weighted by Crippen LogP contribution is -2.44. The molecule has 3 nitrogen and oxygen atoms in total. The maximum absolute atomic E-state index is 12.6. The summed E-state index contributed by atoms with van der Waals surface area (Å²) >= 11 is 11.2. The molecule has 2 unspecified atom stereocenters. The van der Waals surface area contributed by atoms with Crippen molar-refractivity contribution in [2.45, 2.75) is 25.9 Å². The summed E-state index contributed by atoms with van der Waals surface area (Å²) in [6.45, 7) is 4.78. The van der Waals surface area contributed by atoms with Gasteiger partial charge in [0.05, 0.1) is 13.1 Å². The highest BCUT2D eigenvalue weighted by molar-refractivity contribution is 7.81. The van der Waals surface area contributed by atoms with Crippen molar-refractivity contribution in [3.05, 3.63) is 71.8 Å². The van der Waals surface area contributed by atoms with Crippen molar-refractivity contribution in [1.29, 1.82) is 0 Å². The quantitative estimate of drug-likeness (QED) is 0.433. The molecule has 0 saturated carbocycles. The Labute approximate surface area is 179 Å². The predicted molar refractivity (Wildman–Crippen MR) is 125 cm³/mol. The molecule has 0 bridgehead atoms. The molecule has 0 N–H and O–H groups in total. The van der Waals surface area contributed by atoms with Crippen LogP contribution in [0, 0.1) is 0 Å². The standard InChI is InChI=1S/C23H28N2OS2/c1-17(22(27)19-11-7-5-8-12-19)24(3)15-21(26)16-25(4)18(2)23(28)20-13-9-6-10-14-20/h5-14,17-18H,15-16H2,1-4H3. The van der Waals surface area contributed by atoms with E-state index in [4.69, 9.17) is 24.4 Å². The van der Waals surface area contributed by atoms with Crippen LogP contribution in [0.4, 0.5) is 0 Å². The second kappa shape index (κ2) is 10.7. The fourth-order valence-electron chi connectivity index (χ4n) is 2.97. The number of nitrogens with zero attached hydrogens (tertiary/aromatic N) is 2. The van der Waals surface area contributed by atoms with Crippen molar-refractivity contribution < 1.29 is 4.79 Å². The van der Waals surface area contributed by atoms with Crippen LogP contribution in [0.3, 0.4) is 0 Å². The van der Waals surface area contributed by atoms with Gasteiger partial charge in [-0.1, -0.05) is 85.1 Å². The molecule has 0 fully saturated rings. The largest absolute Gasteiger partial charge is 0.297 e. The second-order valence-electron chi connectivity index (χ2n) is 7.18. The highest BCUT2D eigenvalue weighted by atomic mass is 32.1. The van der Waals surface area contributed by atoms with E-state index in [1.165, 1.54) is 0 Å². The fraction of sp³-hybridized carbons (Fsp3) is 0.348. The van der Waals surface area contributed by atoms with E-state index in [0.29, 0.717) is 13.1 Å². The van der Waals surface area contributed by atoms with E-state index in [9.17, 15) is 4.79 Å². The molecule has 0 amide bonds. The third kappa shape index (κ3) is 6.11. The van der Waals surface area contributed by atoms with E-state index >= 15 is 0 Å². The Hall–Kier alpha value is -1.79. The first-order valence-corrected chi connectivity index (χ1v) is 10.2. The first-order valence-electron chi connectivity index (χ1n) is 9.42. The molecule has 2 rings (SSSR count). The lowest BCUT2D eigenvalue weighted by atomic mass is 10.0. The highest BCUT2D eigenvalue weighted by Crippen LogP contribution is 2.11. The molecule has 5 heteroatoms. The average molecular weight is 413 g/mol. The zero-order valence-electron chi connectivity index (χ0n) is 17.0. The summed E-state index contributed by atoms with van der Waals surface area (Å²) in [5.41, 5.74) is 2.06. The summed E-state index contributed by atoms with van der Waals surface area (Å²) < 4.78 is 0. The number of rotatable bonds is 10. The van der Waals surface area contributed by atoms with Crippen molar-refractivity contribution >= 4 is 39.9 Å². The zero-order valence-corrected chi connectivity index (χ0v) is 18.6. The number of thiocarbonyl (C=S) groups is 2. The first-order chi connectivity index (χ1) is 13.3. The lowest BCUT2D eigenvalue weighted by Gasteiger charge is -2.28. The summed E-state index contributed by atoms with van der Waals surface area (Å²) in [4.78, 5) is 18.3. The Kier molecular flexibility index (Phi) is 8.58. The van der Waals surface area contributed by atoms with E-state index in [1.807, 2.05) is 98.4 Å². The third-order valence-corrected chi connectivity index (χ3v) is 6.20. The molecule has 0 aliphatic rings. The monoisotopic (exact) mass is 412 g/mol. The number of benzene rings is 2. The minimum atomic E-state index is 0.00877. The Bertz CT molecular complexity index is 740. The van der Waals surface area contributed by atoms with Gasteiger partial charge in [0, 0.05) is 21.8 Å². The van der Waals surface area contributed by atoms with Crippen LogP contribution >= 0.6 is 24.4 Å². The van der Waals surface area contributed by atoms with Crippen LogP contribution in [0.5, 0.6) is 0 Å². The van der Waals surface area contributed by atoms with Gasteiger partial charge in [-0.25, -0.2) is 0 Å². The number of Topliss-reactive ketones (excluding diaryl/α,β-unsaturated/α-hetero) is 1. The van der Waals surface area contributed by atoms with Gasteiger partial charge in [-0.05, 0) is 39.1 Å². The number of ketones is 1. The molecular weight excluding hydrogens is 384 g/mol. The van der Waals surface area contributed by atoms with Crippen LogP contribution in [0.2, 0.25) is 0 Å². The summed E-state index contributed by atoms with van der Waals surface area (Å²) in [6.07, 6.45) is 0. The average Bonchev–Trinajstić information content (AvgIpc) is 2.72. The topological polar surface area (TPSA) is 23.6 Å². The molecule has 2 aromatic carbocycles. The van der Waals surface area contributed by atoms with E-state index in [1.54, 1.807) is 0 Å². The molecule has 0 radical (unpaired) electrons. The van der Waals surface area contributed by atoms with Crippen molar-refractivity contribution in [3.63, 3.8) is 0 Å². The Morgan fingerprint density at radius 3 is 1.39 bits per heavy atom. The van der Waals surface area contributed by atoms with Gasteiger partial charge < -0.3 is 0 Å². The molecular formula is C23H28N2OS2. The van der Waals surface area contributed by atoms with Gasteiger partial charge in [-0.15, -0.1) is 0 Å². The van der Waals surface area contributed by atoms with Crippen molar-refractivity contribution in [2.75, 3.05) is 27.2 Å². The van der Waals surface area contributed by atoms with Crippen LogP contribution in [0.15, 0.2) is 60.7 Å². The fourth-order valence-corrected chi connectivity index (χ4v) is 3.60. The molecule has 148 valence electrons. The molecule has 2 atom stereocenters. The first kappa shape index (κ1) is 22.5. The van der Waals surface area contributed by atoms with Crippen LogP contribution in [0.25, 0.3) is 0 Å². The van der Waals surface area contributed by atoms with E-state index < -0.39 is 0 Å².